The summed E-state index contributed by atoms with van der Waals surface area (Å²) >= 11 is 5.75. The van der Waals surface area contributed by atoms with Gasteiger partial charge in [0.05, 0.1) is 22.0 Å². The van der Waals surface area contributed by atoms with Crippen LogP contribution in [0.15, 0.2) is 42.5 Å². The molecular formula is C16H13ClN4O3. The molecule has 0 saturated heterocycles. The second-order valence-corrected chi connectivity index (χ2v) is 5.66. The van der Waals surface area contributed by atoms with Crippen molar-refractivity contribution in [3.05, 3.63) is 69.0 Å². The third kappa shape index (κ3) is 3.07. The number of aromatic nitrogens is 2. The van der Waals surface area contributed by atoms with E-state index in [2.05, 4.69) is 15.3 Å². The van der Waals surface area contributed by atoms with E-state index in [4.69, 9.17) is 11.6 Å². The van der Waals surface area contributed by atoms with Crippen molar-refractivity contribution in [1.29, 1.82) is 0 Å². The number of para-hydroxylation sites is 2. The predicted molar refractivity (Wildman–Crippen MR) is 90.1 cm³/mol. The van der Waals surface area contributed by atoms with Crippen LogP contribution in [0.25, 0.3) is 11.0 Å². The molecule has 0 saturated carbocycles. The molecule has 0 aliphatic carbocycles. The summed E-state index contributed by atoms with van der Waals surface area (Å²) < 4.78 is 0. The number of benzene rings is 2. The van der Waals surface area contributed by atoms with E-state index in [-0.39, 0.29) is 22.3 Å². The lowest BCUT2D eigenvalue weighted by Gasteiger charge is -2.11. The SMILES string of the molecule is CC(NC(=O)c1ccc(Cl)c([N+](=O)[O-])c1)c1nc2ccccc2[nH]1. The van der Waals surface area contributed by atoms with Gasteiger partial charge in [-0.15, -0.1) is 0 Å². The monoisotopic (exact) mass is 344 g/mol. The zero-order valence-corrected chi connectivity index (χ0v) is 13.4. The molecule has 0 aliphatic rings. The van der Waals surface area contributed by atoms with Gasteiger partial charge in [-0.3, -0.25) is 14.9 Å². The van der Waals surface area contributed by atoms with Crippen LogP contribution in [0.4, 0.5) is 5.69 Å². The molecule has 24 heavy (non-hydrogen) atoms. The fourth-order valence-electron chi connectivity index (χ4n) is 2.32. The number of nitrogens with zero attached hydrogens (tertiary/aromatic N) is 2. The molecule has 2 aromatic carbocycles. The molecule has 0 fully saturated rings. The molecule has 1 unspecified atom stereocenters. The number of hydrogen-bond acceptors (Lipinski definition) is 4. The van der Waals surface area contributed by atoms with Gasteiger partial charge in [0, 0.05) is 11.6 Å². The third-order valence-corrected chi connectivity index (χ3v) is 3.89. The number of nitro groups is 1. The van der Waals surface area contributed by atoms with Crippen LogP contribution in [-0.4, -0.2) is 20.8 Å². The quantitative estimate of drug-likeness (QED) is 0.557. The summed E-state index contributed by atoms with van der Waals surface area (Å²) in [6.45, 7) is 1.78. The zero-order chi connectivity index (χ0) is 17.3. The highest BCUT2D eigenvalue weighted by atomic mass is 35.5. The van der Waals surface area contributed by atoms with Crippen LogP contribution in [0.3, 0.4) is 0 Å². The van der Waals surface area contributed by atoms with Gasteiger partial charge in [0.2, 0.25) is 0 Å². The highest BCUT2D eigenvalue weighted by Gasteiger charge is 2.19. The first kappa shape index (κ1) is 15.9. The number of H-pyrrole nitrogens is 1. The van der Waals surface area contributed by atoms with Crippen LogP contribution < -0.4 is 5.32 Å². The molecule has 122 valence electrons. The Morgan fingerprint density at radius 1 is 1.33 bits per heavy atom. The van der Waals surface area contributed by atoms with Gasteiger partial charge in [-0.2, -0.15) is 0 Å². The Bertz CT molecular complexity index is 905. The van der Waals surface area contributed by atoms with Gasteiger partial charge in [-0.1, -0.05) is 23.7 Å². The van der Waals surface area contributed by atoms with E-state index in [1.54, 1.807) is 6.92 Å². The molecule has 1 atom stereocenters. The minimum atomic E-state index is -0.623. The Kier molecular flexibility index (Phi) is 4.18. The number of carbonyl (C=O) groups is 1. The molecule has 3 rings (SSSR count). The number of aromatic amines is 1. The van der Waals surface area contributed by atoms with Crippen LogP contribution in [0, 0.1) is 10.1 Å². The number of nitro benzene ring substituents is 1. The van der Waals surface area contributed by atoms with E-state index in [0.29, 0.717) is 5.82 Å². The van der Waals surface area contributed by atoms with Crippen molar-refractivity contribution in [3.8, 4) is 0 Å². The lowest BCUT2D eigenvalue weighted by Crippen LogP contribution is -2.27. The van der Waals surface area contributed by atoms with Crippen molar-refractivity contribution in [2.24, 2.45) is 0 Å². The van der Waals surface area contributed by atoms with Gasteiger partial charge in [0.25, 0.3) is 11.6 Å². The minimum Gasteiger partial charge on any atom is -0.342 e. The molecule has 0 spiro atoms. The number of imidazole rings is 1. The number of carbonyl (C=O) groups excluding carboxylic acids is 1. The highest BCUT2D eigenvalue weighted by Crippen LogP contribution is 2.25. The molecule has 7 nitrogen and oxygen atoms in total. The van der Waals surface area contributed by atoms with Gasteiger partial charge in [-0.25, -0.2) is 4.98 Å². The van der Waals surface area contributed by atoms with Gasteiger partial charge in [0.15, 0.2) is 0 Å². The van der Waals surface area contributed by atoms with E-state index >= 15 is 0 Å². The maximum absolute atomic E-state index is 12.3. The Hall–Kier alpha value is -2.93. The number of rotatable bonds is 4. The van der Waals surface area contributed by atoms with Gasteiger partial charge < -0.3 is 10.3 Å². The first-order chi connectivity index (χ1) is 11.5. The molecule has 1 amide bonds. The average molecular weight is 345 g/mol. The summed E-state index contributed by atoms with van der Waals surface area (Å²) in [6, 6.07) is 11.1. The van der Waals surface area contributed by atoms with Crippen molar-refractivity contribution >= 4 is 34.2 Å². The van der Waals surface area contributed by atoms with Crippen LogP contribution in [0.1, 0.15) is 29.1 Å². The Balaban J connectivity index is 1.81. The summed E-state index contributed by atoms with van der Waals surface area (Å²) in [5.74, 6) is 0.163. The Morgan fingerprint density at radius 2 is 2.08 bits per heavy atom. The lowest BCUT2D eigenvalue weighted by atomic mass is 10.1. The largest absolute Gasteiger partial charge is 0.342 e. The number of hydrogen-bond donors (Lipinski definition) is 2. The smallest absolute Gasteiger partial charge is 0.288 e. The average Bonchev–Trinajstić information content (AvgIpc) is 2.99. The summed E-state index contributed by atoms with van der Waals surface area (Å²) in [6.07, 6.45) is 0. The van der Waals surface area contributed by atoms with Crippen molar-refractivity contribution in [2.75, 3.05) is 0 Å². The summed E-state index contributed by atoms with van der Waals surface area (Å²) in [5.41, 5.74) is 1.53. The molecule has 0 radical (unpaired) electrons. The highest BCUT2D eigenvalue weighted by molar-refractivity contribution is 6.32. The fourth-order valence-corrected chi connectivity index (χ4v) is 2.51. The first-order valence-electron chi connectivity index (χ1n) is 7.15. The summed E-state index contributed by atoms with van der Waals surface area (Å²) in [5, 5.41) is 13.7. The molecule has 3 aromatic rings. The summed E-state index contributed by atoms with van der Waals surface area (Å²) in [4.78, 5) is 30.2. The van der Waals surface area contributed by atoms with Crippen LogP contribution in [0.5, 0.6) is 0 Å². The Labute approximate surface area is 141 Å². The van der Waals surface area contributed by atoms with Gasteiger partial charge in [-0.05, 0) is 31.2 Å². The molecule has 8 heteroatoms. The zero-order valence-electron chi connectivity index (χ0n) is 12.6. The van der Waals surface area contributed by atoms with Crippen LogP contribution in [-0.2, 0) is 0 Å². The van der Waals surface area contributed by atoms with Crippen LogP contribution >= 0.6 is 11.6 Å². The second kappa shape index (κ2) is 6.29. The normalized spacial score (nSPS) is 12.1. The predicted octanol–water partition coefficient (Wildman–Crippen LogP) is 3.62. The van der Waals surface area contributed by atoms with Crippen LogP contribution in [0.2, 0.25) is 5.02 Å². The van der Waals surface area contributed by atoms with E-state index in [1.807, 2.05) is 24.3 Å². The minimum absolute atomic E-state index is 0.0121. The fraction of sp³-hybridized carbons (Fsp3) is 0.125. The lowest BCUT2D eigenvalue weighted by molar-refractivity contribution is -0.384. The topological polar surface area (TPSA) is 101 Å². The van der Waals surface area contributed by atoms with E-state index in [9.17, 15) is 14.9 Å². The van der Waals surface area contributed by atoms with E-state index in [1.165, 1.54) is 12.1 Å². The molecule has 1 aromatic heterocycles. The van der Waals surface area contributed by atoms with E-state index < -0.39 is 10.8 Å². The van der Waals surface area contributed by atoms with Crippen molar-refractivity contribution in [3.63, 3.8) is 0 Å². The second-order valence-electron chi connectivity index (χ2n) is 5.26. The van der Waals surface area contributed by atoms with E-state index in [0.717, 1.165) is 17.1 Å². The maximum Gasteiger partial charge on any atom is 0.288 e. The van der Waals surface area contributed by atoms with Gasteiger partial charge >= 0.3 is 0 Å². The first-order valence-corrected chi connectivity index (χ1v) is 7.53. The number of nitrogens with one attached hydrogen (secondary N) is 2. The van der Waals surface area contributed by atoms with Crippen molar-refractivity contribution < 1.29 is 9.72 Å². The maximum atomic E-state index is 12.3. The molecule has 0 bridgehead atoms. The molecular weight excluding hydrogens is 332 g/mol. The van der Waals surface area contributed by atoms with Crippen molar-refractivity contribution in [1.82, 2.24) is 15.3 Å². The van der Waals surface area contributed by atoms with Gasteiger partial charge in [0.1, 0.15) is 10.8 Å². The third-order valence-electron chi connectivity index (χ3n) is 3.57. The molecule has 0 aliphatic heterocycles. The summed E-state index contributed by atoms with van der Waals surface area (Å²) in [7, 11) is 0. The number of halogens is 1. The number of fused-ring (bicyclic) bond motifs is 1. The standard InChI is InChI=1S/C16H13ClN4O3/c1-9(15-19-12-4-2-3-5-13(12)20-15)18-16(22)10-6-7-11(17)14(8-10)21(23)24/h2-9H,1H3,(H,18,22)(H,19,20). The van der Waals surface area contributed by atoms with Crippen molar-refractivity contribution in [2.45, 2.75) is 13.0 Å². The molecule has 1 heterocycles. The Morgan fingerprint density at radius 3 is 2.79 bits per heavy atom. The molecule has 2 N–H and O–H groups in total. The number of amides is 1.